The molecule has 1 aromatic carbocycles. The molecule has 1 heterocycles. The maximum atomic E-state index is 12.1. The van der Waals surface area contributed by atoms with Gasteiger partial charge in [0, 0.05) is 18.2 Å². The van der Waals surface area contributed by atoms with E-state index in [1.807, 2.05) is 30.3 Å². The number of hydrogen-bond donors (Lipinski definition) is 2. The summed E-state index contributed by atoms with van der Waals surface area (Å²) in [7, 11) is 0. The van der Waals surface area contributed by atoms with Crippen molar-refractivity contribution < 1.29 is 4.79 Å². The van der Waals surface area contributed by atoms with E-state index >= 15 is 0 Å². The first-order valence-corrected chi connectivity index (χ1v) is 7.42. The molecule has 1 fully saturated rings. The zero-order chi connectivity index (χ0) is 14.7. The third-order valence-electron chi connectivity index (χ3n) is 4.00. The van der Waals surface area contributed by atoms with Crippen LogP contribution in [0.25, 0.3) is 5.69 Å². The first-order chi connectivity index (χ1) is 10.2. The number of carbonyl (C=O) groups excluding carboxylic acids is 1. The number of nitrogen functional groups attached to an aromatic ring is 1. The number of nitrogens with zero attached hydrogens (tertiary/aromatic N) is 2. The molecule has 1 aliphatic carbocycles. The Morgan fingerprint density at radius 1 is 1.24 bits per heavy atom. The van der Waals surface area contributed by atoms with Crippen LogP contribution in [-0.4, -0.2) is 15.7 Å². The van der Waals surface area contributed by atoms with Crippen LogP contribution >= 0.6 is 0 Å². The number of nitrogens with one attached hydrogen (secondary N) is 1. The van der Waals surface area contributed by atoms with E-state index in [2.05, 4.69) is 10.4 Å². The minimum atomic E-state index is 0.0686. The van der Waals surface area contributed by atoms with E-state index in [9.17, 15) is 4.79 Å². The average molecular weight is 284 g/mol. The van der Waals surface area contributed by atoms with Crippen LogP contribution in [0, 0.1) is 5.92 Å². The zero-order valence-electron chi connectivity index (χ0n) is 12.0. The van der Waals surface area contributed by atoms with Gasteiger partial charge in [-0.3, -0.25) is 4.79 Å². The number of aromatic nitrogens is 2. The first kappa shape index (κ1) is 13.7. The van der Waals surface area contributed by atoms with E-state index in [0.29, 0.717) is 23.8 Å². The van der Waals surface area contributed by atoms with Crippen molar-refractivity contribution in [3.63, 3.8) is 0 Å². The molecule has 0 unspecified atom stereocenters. The number of rotatable bonds is 4. The molecule has 3 rings (SSSR count). The molecule has 5 nitrogen and oxygen atoms in total. The molecule has 1 aliphatic rings. The van der Waals surface area contributed by atoms with Gasteiger partial charge >= 0.3 is 0 Å². The molecule has 0 radical (unpaired) electrons. The zero-order valence-corrected chi connectivity index (χ0v) is 12.0. The summed E-state index contributed by atoms with van der Waals surface area (Å²) in [5.74, 6) is 1.31. The standard InChI is InChI=1S/C16H20N4O/c17-13-5-7-14(8-6-13)20-15(9-10-18-20)19-16(21)11-12-3-1-2-4-12/h5-10,12H,1-4,11,17H2,(H,19,21). The van der Waals surface area contributed by atoms with Crippen molar-refractivity contribution in [2.75, 3.05) is 11.1 Å². The first-order valence-electron chi connectivity index (χ1n) is 7.42. The van der Waals surface area contributed by atoms with Gasteiger partial charge in [-0.15, -0.1) is 0 Å². The lowest BCUT2D eigenvalue weighted by molar-refractivity contribution is -0.117. The highest BCUT2D eigenvalue weighted by Gasteiger charge is 2.19. The van der Waals surface area contributed by atoms with Crippen molar-refractivity contribution in [3.05, 3.63) is 36.5 Å². The summed E-state index contributed by atoms with van der Waals surface area (Å²) in [6.45, 7) is 0. The second-order valence-corrected chi connectivity index (χ2v) is 5.62. The predicted octanol–water partition coefficient (Wildman–Crippen LogP) is 2.97. The Balaban J connectivity index is 1.70. The second kappa shape index (κ2) is 5.99. The third kappa shape index (κ3) is 3.24. The van der Waals surface area contributed by atoms with Crippen LogP contribution in [0.15, 0.2) is 36.5 Å². The van der Waals surface area contributed by atoms with Crippen LogP contribution in [-0.2, 0) is 4.79 Å². The van der Waals surface area contributed by atoms with E-state index in [-0.39, 0.29) is 5.91 Å². The van der Waals surface area contributed by atoms with Crippen LogP contribution in [0.3, 0.4) is 0 Å². The van der Waals surface area contributed by atoms with Gasteiger partial charge in [0.05, 0.1) is 11.9 Å². The molecular weight excluding hydrogens is 264 g/mol. The molecule has 0 spiro atoms. The fourth-order valence-electron chi connectivity index (χ4n) is 2.89. The van der Waals surface area contributed by atoms with Gasteiger partial charge in [-0.25, -0.2) is 4.68 Å². The van der Waals surface area contributed by atoms with Gasteiger partial charge in [0.25, 0.3) is 0 Å². The lowest BCUT2D eigenvalue weighted by Gasteiger charge is -2.11. The van der Waals surface area contributed by atoms with Crippen LogP contribution in [0.5, 0.6) is 0 Å². The number of hydrogen-bond acceptors (Lipinski definition) is 3. The molecule has 0 bridgehead atoms. The maximum Gasteiger partial charge on any atom is 0.225 e. The van der Waals surface area contributed by atoms with Crippen molar-refractivity contribution in [3.8, 4) is 5.69 Å². The summed E-state index contributed by atoms with van der Waals surface area (Å²) >= 11 is 0. The van der Waals surface area contributed by atoms with Crippen LogP contribution in [0.2, 0.25) is 0 Å². The average Bonchev–Trinajstić information content (AvgIpc) is 3.11. The monoisotopic (exact) mass is 284 g/mol. The highest BCUT2D eigenvalue weighted by atomic mass is 16.1. The van der Waals surface area contributed by atoms with Crippen molar-refractivity contribution in [2.45, 2.75) is 32.1 Å². The molecular formula is C16H20N4O. The number of anilines is 2. The highest BCUT2D eigenvalue weighted by Crippen LogP contribution is 2.28. The fraction of sp³-hybridized carbons (Fsp3) is 0.375. The Morgan fingerprint density at radius 2 is 1.95 bits per heavy atom. The van der Waals surface area contributed by atoms with Gasteiger partial charge in [-0.05, 0) is 43.0 Å². The summed E-state index contributed by atoms with van der Waals surface area (Å²) in [6.07, 6.45) is 7.13. The van der Waals surface area contributed by atoms with E-state index in [0.717, 1.165) is 5.69 Å². The molecule has 110 valence electrons. The van der Waals surface area contributed by atoms with Crippen LogP contribution < -0.4 is 11.1 Å². The van der Waals surface area contributed by atoms with E-state index in [1.54, 1.807) is 10.9 Å². The molecule has 5 heteroatoms. The molecule has 1 saturated carbocycles. The molecule has 0 atom stereocenters. The molecule has 1 amide bonds. The van der Waals surface area contributed by atoms with Crippen molar-refractivity contribution >= 4 is 17.4 Å². The quantitative estimate of drug-likeness (QED) is 0.848. The molecule has 0 aliphatic heterocycles. The summed E-state index contributed by atoms with van der Waals surface area (Å²) in [4.78, 5) is 12.1. The Bertz CT molecular complexity index is 611. The Kier molecular flexibility index (Phi) is 3.90. The number of amides is 1. The molecule has 3 N–H and O–H groups in total. The van der Waals surface area contributed by atoms with Gasteiger partial charge in [0.15, 0.2) is 0 Å². The van der Waals surface area contributed by atoms with E-state index in [1.165, 1.54) is 25.7 Å². The SMILES string of the molecule is Nc1ccc(-n2nccc2NC(=O)CC2CCCC2)cc1. The molecule has 21 heavy (non-hydrogen) atoms. The topological polar surface area (TPSA) is 72.9 Å². The third-order valence-corrected chi connectivity index (χ3v) is 4.00. The second-order valence-electron chi connectivity index (χ2n) is 5.62. The predicted molar refractivity (Wildman–Crippen MR) is 83.2 cm³/mol. The van der Waals surface area contributed by atoms with Gasteiger partial charge in [-0.2, -0.15) is 5.10 Å². The lowest BCUT2D eigenvalue weighted by atomic mass is 10.0. The largest absolute Gasteiger partial charge is 0.399 e. The van der Waals surface area contributed by atoms with Crippen molar-refractivity contribution in [2.24, 2.45) is 5.92 Å². The maximum absolute atomic E-state index is 12.1. The van der Waals surface area contributed by atoms with E-state index < -0.39 is 0 Å². The Hall–Kier alpha value is -2.30. The summed E-state index contributed by atoms with van der Waals surface area (Å²) in [5, 5.41) is 7.22. The van der Waals surface area contributed by atoms with Crippen molar-refractivity contribution in [1.82, 2.24) is 9.78 Å². The number of carbonyl (C=O) groups is 1. The molecule has 1 aromatic heterocycles. The summed E-state index contributed by atoms with van der Waals surface area (Å²) in [5.41, 5.74) is 7.28. The minimum Gasteiger partial charge on any atom is -0.399 e. The fourth-order valence-corrected chi connectivity index (χ4v) is 2.89. The number of nitrogens with two attached hydrogens (primary N) is 1. The molecule has 2 aromatic rings. The van der Waals surface area contributed by atoms with Crippen LogP contribution in [0.4, 0.5) is 11.5 Å². The lowest BCUT2D eigenvalue weighted by Crippen LogP contribution is -2.17. The Morgan fingerprint density at radius 3 is 2.67 bits per heavy atom. The number of benzene rings is 1. The Labute approximate surface area is 124 Å². The molecule has 0 saturated heterocycles. The highest BCUT2D eigenvalue weighted by molar-refractivity contribution is 5.90. The summed E-state index contributed by atoms with van der Waals surface area (Å²) < 4.78 is 1.71. The normalized spacial score (nSPS) is 15.2. The van der Waals surface area contributed by atoms with Crippen molar-refractivity contribution in [1.29, 1.82) is 0 Å². The smallest absolute Gasteiger partial charge is 0.225 e. The minimum absolute atomic E-state index is 0.0686. The van der Waals surface area contributed by atoms with Crippen LogP contribution in [0.1, 0.15) is 32.1 Å². The van der Waals surface area contributed by atoms with E-state index in [4.69, 9.17) is 5.73 Å². The summed E-state index contributed by atoms with van der Waals surface area (Å²) in [6, 6.07) is 9.22. The van der Waals surface area contributed by atoms with Gasteiger partial charge in [-0.1, -0.05) is 12.8 Å². The van der Waals surface area contributed by atoms with Gasteiger partial charge < -0.3 is 11.1 Å². The van der Waals surface area contributed by atoms with Gasteiger partial charge in [0.1, 0.15) is 5.82 Å². The van der Waals surface area contributed by atoms with Gasteiger partial charge in [0.2, 0.25) is 5.91 Å².